The lowest BCUT2D eigenvalue weighted by Gasteiger charge is -2.32. The number of rotatable bonds is 12. The van der Waals surface area contributed by atoms with Gasteiger partial charge in [-0.3, -0.25) is 9.69 Å². The quantitative estimate of drug-likeness (QED) is 0.441. The number of hydrogen-bond donors (Lipinski definition) is 2. The third kappa shape index (κ3) is 6.81. The van der Waals surface area contributed by atoms with E-state index in [-0.39, 0.29) is 25.1 Å². The van der Waals surface area contributed by atoms with Crippen molar-refractivity contribution in [1.29, 1.82) is 0 Å². The Kier molecular flexibility index (Phi) is 9.30. The van der Waals surface area contributed by atoms with Gasteiger partial charge in [-0.2, -0.15) is 0 Å². The monoisotopic (exact) mass is 448 g/mol. The number of aliphatic hydroxyl groups is 1. The van der Waals surface area contributed by atoms with Crippen molar-refractivity contribution in [2.75, 3.05) is 33.9 Å². The van der Waals surface area contributed by atoms with Crippen LogP contribution in [0.5, 0.6) is 11.5 Å². The molecule has 0 heterocycles. The number of aliphatic hydroxyl groups excluding tert-OH is 1. The molecule has 6 nitrogen and oxygen atoms in total. The van der Waals surface area contributed by atoms with Crippen LogP contribution in [0.4, 0.5) is 0 Å². The first-order valence-corrected chi connectivity index (χ1v) is 11.1. The van der Waals surface area contributed by atoms with Gasteiger partial charge < -0.3 is 19.9 Å². The molecule has 3 aromatic rings. The summed E-state index contributed by atoms with van der Waals surface area (Å²) in [5, 5.41) is 12.5. The van der Waals surface area contributed by atoms with Crippen molar-refractivity contribution >= 4 is 5.91 Å². The Labute approximate surface area is 195 Å². The van der Waals surface area contributed by atoms with Gasteiger partial charge in [0, 0.05) is 19.7 Å². The molecule has 1 amide bonds. The molecule has 0 unspecified atom stereocenters. The summed E-state index contributed by atoms with van der Waals surface area (Å²) in [5.74, 6) is 1.19. The molecule has 0 fully saturated rings. The van der Waals surface area contributed by atoms with Crippen LogP contribution in [0, 0.1) is 0 Å². The first-order chi connectivity index (χ1) is 16.2. The maximum Gasteiger partial charge on any atom is 0.234 e. The van der Waals surface area contributed by atoms with E-state index in [2.05, 4.69) is 34.5 Å². The van der Waals surface area contributed by atoms with E-state index < -0.39 is 0 Å². The van der Waals surface area contributed by atoms with E-state index in [0.29, 0.717) is 31.0 Å². The number of nitrogens with one attached hydrogen (secondary N) is 1. The van der Waals surface area contributed by atoms with Crippen LogP contribution in [0.3, 0.4) is 0 Å². The first-order valence-electron chi connectivity index (χ1n) is 11.1. The van der Waals surface area contributed by atoms with Crippen molar-refractivity contribution in [1.82, 2.24) is 10.2 Å². The molecule has 6 heteroatoms. The second-order valence-corrected chi connectivity index (χ2v) is 7.74. The summed E-state index contributed by atoms with van der Waals surface area (Å²) in [5.41, 5.74) is 3.13. The number of amides is 1. The minimum absolute atomic E-state index is 0.0695. The highest BCUT2D eigenvalue weighted by atomic mass is 16.5. The van der Waals surface area contributed by atoms with Crippen LogP contribution in [0.15, 0.2) is 78.9 Å². The van der Waals surface area contributed by atoms with Gasteiger partial charge in [-0.15, -0.1) is 0 Å². The van der Waals surface area contributed by atoms with E-state index in [1.54, 1.807) is 14.2 Å². The van der Waals surface area contributed by atoms with Gasteiger partial charge in [0.25, 0.3) is 0 Å². The van der Waals surface area contributed by atoms with Gasteiger partial charge in [0.2, 0.25) is 5.91 Å². The van der Waals surface area contributed by atoms with Crippen molar-refractivity contribution in [3.05, 3.63) is 95.6 Å². The minimum atomic E-state index is -0.0919. The summed E-state index contributed by atoms with van der Waals surface area (Å²) in [6.45, 7) is 1.25. The molecule has 0 aliphatic carbocycles. The fraction of sp³-hybridized carbons (Fsp3) is 0.296. The molecule has 174 valence electrons. The van der Waals surface area contributed by atoms with E-state index in [9.17, 15) is 9.90 Å². The SMILES string of the molecule is COc1ccc(CNC(=O)CN(CCCO)C(c2ccccc2)c2ccccc2)cc1OC. The second-order valence-electron chi connectivity index (χ2n) is 7.74. The number of nitrogens with zero attached hydrogens (tertiary/aromatic N) is 1. The van der Waals surface area contributed by atoms with Crippen LogP contribution in [-0.4, -0.2) is 49.8 Å². The van der Waals surface area contributed by atoms with E-state index >= 15 is 0 Å². The van der Waals surface area contributed by atoms with Gasteiger partial charge in [0.1, 0.15) is 0 Å². The van der Waals surface area contributed by atoms with Crippen LogP contribution < -0.4 is 14.8 Å². The summed E-state index contributed by atoms with van der Waals surface area (Å²) in [6, 6.07) is 25.8. The van der Waals surface area contributed by atoms with Gasteiger partial charge in [0.15, 0.2) is 11.5 Å². The lowest BCUT2D eigenvalue weighted by molar-refractivity contribution is -0.122. The van der Waals surface area contributed by atoms with Crippen LogP contribution in [0.2, 0.25) is 0 Å². The van der Waals surface area contributed by atoms with Crippen LogP contribution >= 0.6 is 0 Å². The first kappa shape index (κ1) is 24.3. The van der Waals surface area contributed by atoms with Gasteiger partial charge >= 0.3 is 0 Å². The fourth-order valence-electron chi connectivity index (χ4n) is 3.89. The molecule has 3 aromatic carbocycles. The van der Waals surface area contributed by atoms with Crippen LogP contribution in [0.1, 0.15) is 29.2 Å². The number of benzene rings is 3. The summed E-state index contributed by atoms with van der Waals surface area (Å²) in [7, 11) is 3.18. The molecule has 0 saturated carbocycles. The highest BCUT2D eigenvalue weighted by Crippen LogP contribution is 2.29. The molecule has 3 rings (SSSR count). The molecule has 0 aromatic heterocycles. The standard InChI is InChI=1S/C27H32N2O4/c1-32-24-15-14-21(18-25(24)33-2)19-28-26(31)20-29(16-9-17-30)27(22-10-5-3-6-11-22)23-12-7-4-8-13-23/h3-8,10-15,18,27,30H,9,16-17,19-20H2,1-2H3,(H,28,31). The topological polar surface area (TPSA) is 71.0 Å². The Morgan fingerprint density at radius 3 is 2.06 bits per heavy atom. The zero-order valence-electron chi connectivity index (χ0n) is 19.2. The molecule has 0 spiro atoms. The minimum Gasteiger partial charge on any atom is -0.493 e. The Hall–Kier alpha value is -3.35. The lowest BCUT2D eigenvalue weighted by Crippen LogP contribution is -2.40. The lowest BCUT2D eigenvalue weighted by atomic mass is 9.96. The summed E-state index contributed by atoms with van der Waals surface area (Å²) >= 11 is 0. The van der Waals surface area contributed by atoms with Gasteiger partial charge in [0.05, 0.1) is 26.8 Å². The summed E-state index contributed by atoms with van der Waals surface area (Å²) in [4.78, 5) is 15.1. The zero-order valence-corrected chi connectivity index (χ0v) is 19.2. The number of ether oxygens (including phenoxy) is 2. The molecule has 0 radical (unpaired) electrons. The Morgan fingerprint density at radius 2 is 1.52 bits per heavy atom. The molecule has 0 aliphatic heterocycles. The van der Waals surface area contributed by atoms with Crippen molar-refractivity contribution < 1.29 is 19.4 Å². The van der Waals surface area contributed by atoms with E-state index in [1.165, 1.54) is 0 Å². The molecule has 33 heavy (non-hydrogen) atoms. The van der Waals surface area contributed by atoms with Crippen molar-refractivity contribution in [3.63, 3.8) is 0 Å². The molecular formula is C27H32N2O4. The van der Waals surface area contributed by atoms with E-state index in [4.69, 9.17) is 9.47 Å². The largest absolute Gasteiger partial charge is 0.493 e. The summed E-state index contributed by atoms with van der Waals surface area (Å²) in [6.07, 6.45) is 0.582. The number of methoxy groups -OCH3 is 2. The molecule has 0 aliphatic rings. The van der Waals surface area contributed by atoms with Gasteiger partial charge in [-0.1, -0.05) is 66.7 Å². The maximum atomic E-state index is 13.0. The summed E-state index contributed by atoms with van der Waals surface area (Å²) < 4.78 is 10.6. The predicted octanol–water partition coefficient (Wildman–Crippen LogP) is 3.79. The number of hydrogen-bond acceptors (Lipinski definition) is 5. The highest BCUT2D eigenvalue weighted by Gasteiger charge is 2.24. The second kappa shape index (κ2) is 12.6. The van der Waals surface area contributed by atoms with E-state index in [1.807, 2.05) is 54.6 Å². The van der Waals surface area contributed by atoms with E-state index in [0.717, 1.165) is 16.7 Å². The number of carbonyl (C=O) groups excluding carboxylic acids is 1. The van der Waals surface area contributed by atoms with Gasteiger partial charge in [-0.05, 0) is 35.2 Å². The molecule has 0 saturated heterocycles. The Morgan fingerprint density at radius 1 is 0.909 bits per heavy atom. The van der Waals surface area contributed by atoms with Crippen molar-refractivity contribution in [2.24, 2.45) is 0 Å². The molecule has 0 bridgehead atoms. The normalized spacial score (nSPS) is 10.9. The fourth-order valence-corrected chi connectivity index (χ4v) is 3.89. The third-order valence-corrected chi connectivity index (χ3v) is 5.48. The molecule has 0 atom stereocenters. The molecular weight excluding hydrogens is 416 g/mol. The average Bonchev–Trinajstić information content (AvgIpc) is 2.87. The van der Waals surface area contributed by atoms with Crippen LogP contribution in [0.25, 0.3) is 0 Å². The van der Waals surface area contributed by atoms with Crippen molar-refractivity contribution in [2.45, 2.75) is 19.0 Å². The predicted molar refractivity (Wildman–Crippen MR) is 129 cm³/mol. The van der Waals surface area contributed by atoms with Gasteiger partial charge in [-0.25, -0.2) is 0 Å². The smallest absolute Gasteiger partial charge is 0.234 e. The molecule has 2 N–H and O–H groups in total. The highest BCUT2D eigenvalue weighted by molar-refractivity contribution is 5.78. The number of carbonyl (C=O) groups is 1. The Bertz CT molecular complexity index is 956. The average molecular weight is 449 g/mol. The maximum absolute atomic E-state index is 13.0. The third-order valence-electron chi connectivity index (χ3n) is 5.48. The zero-order chi connectivity index (χ0) is 23.5. The Balaban J connectivity index is 1.76. The van der Waals surface area contributed by atoms with Crippen LogP contribution in [-0.2, 0) is 11.3 Å². The van der Waals surface area contributed by atoms with Crippen molar-refractivity contribution in [3.8, 4) is 11.5 Å².